The quantitative estimate of drug-likeness (QED) is 0.900. The van der Waals surface area contributed by atoms with E-state index in [-0.39, 0.29) is 0 Å². The number of rotatable bonds is 4. The van der Waals surface area contributed by atoms with Gasteiger partial charge in [0.25, 0.3) is 0 Å². The van der Waals surface area contributed by atoms with Crippen LogP contribution in [0.25, 0.3) is 0 Å². The Bertz CT molecular complexity index is 444. The molecule has 4 heteroatoms. The van der Waals surface area contributed by atoms with Crippen molar-refractivity contribution in [3.8, 4) is 6.07 Å². The van der Waals surface area contributed by atoms with Crippen molar-refractivity contribution in [2.75, 3.05) is 18.0 Å². The van der Waals surface area contributed by atoms with E-state index in [1.807, 2.05) is 6.07 Å². The normalized spacial score (nSPS) is 19.2. The molecule has 1 aliphatic heterocycles. The van der Waals surface area contributed by atoms with Crippen LogP contribution in [-0.2, 0) is 0 Å². The topological polar surface area (TPSA) is 52.0 Å². The molecule has 4 nitrogen and oxygen atoms in total. The van der Waals surface area contributed by atoms with Crippen LogP contribution in [0.3, 0.4) is 0 Å². The lowest BCUT2D eigenvalue weighted by molar-refractivity contribution is 0.392. The predicted molar refractivity (Wildman–Crippen MR) is 77.1 cm³/mol. The van der Waals surface area contributed by atoms with Crippen molar-refractivity contribution in [3.05, 3.63) is 23.9 Å². The van der Waals surface area contributed by atoms with Gasteiger partial charge in [-0.2, -0.15) is 5.26 Å². The van der Waals surface area contributed by atoms with E-state index in [4.69, 9.17) is 5.26 Å². The van der Waals surface area contributed by atoms with Gasteiger partial charge in [0.1, 0.15) is 5.82 Å². The molecule has 1 atom stereocenters. The van der Waals surface area contributed by atoms with E-state index < -0.39 is 0 Å². The zero-order chi connectivity index (χ0) is 13.7. The van der Waals surface area contributed by atoms with Crippen LogP contribution in [0.1, 0.15) is 38.7 Å². The molecular weight excluding hydrogens is 236 g/mol. The van der Waals surface area contributed by atoms with Gasteiger partial charge in [0.05, 0.1) is 11.6 Å². The first-order chi connectivity index (χ1) is 9.20. The number of hydrogen-bond donors (Lipinski definition) is 1. The van der Waals surface area contributed by atoms with Gasteiger partial charge in [-0.1, -0.05) is 6.42 Å². The number of piperidine rings is 1. The van der Waals surface area contributed by atoms with Crippen molar-refractivity contribution < 1.29 is 0 Å². The highest BCUT2D eigenvalue weighted by Gasteiger charge is 2.19. The fourth-order valence-corrected chi connectivity index (χ4v) is 2.53. The van der Waals surface area contributed by atoms with Gasteiger partial charge in [-0.3, -0.25) is 0 Å². The van der Waals surface area contributed by atoms with E-state index >= 15 is 0 Å². The average Bonchev–Trinajstić information content (AvgIpc) is 2.45. The highest BCUT2D eigenvalue weighted by molar-refractivity contribution is 5.45. The monoisotopic (exact) mass is 258 g/mol. The lowest BCUT2D eigenvalue weighted by Gasteiger charge is -2.34. The smallest absolute Gasteiger partial charge is 0.130 e. The Kier molecular flexibility index (Phi) is 4.75. The molecule has 0 saturated carbocycles. The van der Waals surface area contributed by atoms with Crippen LogP contribution in [0.5, 0.6) is 0 Å². The zero-order valence-electron chi connectivity index (χ0n) is 11.8. The predicted octanol–water partition coefficient (Wildman–Crippen LogP) is 2.31. The zero-order valence-corrected chi connectivity index (χ0v) is 11.8. The Morgan fingerprint density at radius 1 is 1.53 bits per heavy atom. The van der Waals surface area contributed by atoms with Gasteiger partial charge in [0.2, 0.25) is 0 Å². The molecule has 0 amide bonds. The lowest BCUT2D eigenvalue weighted by atomic mass is 10.0. The van der Waals surface area contributed by atoms with Crippen molar-refractivity contribution >= 4 is 5.82 Å². The largest absolute Gasteiger partial charge is 0.353 e. The Labute approximate surface area is 115 Å². The third-order valence-corrected chi connectivity index (χ3v) is 3.62. The fourth-order valence-electron chi connectivity index (χ4n) is 2.53. The van der Waals surface area contributed by atoms with E-state index in [0.29, 0.717) is 17.6 Å². The van der Waals surface area contributed by atoms with Crippen LogP contribution in [-0.4, -0.2) is 30.2 Å². The van der Waals surface area contributed by atoms with E-state index in [1.54, 1.807) is 12.3 Å². The van der Waals surface area contributed by atoms with E-state index in [9.17, 15) is 0 Å². The summed E-state index contributed by atoms with van der Waals surface area (Å²) in [6.07, 6.45) is 5.52. The summed E-state index contributed by atoms with van der Waals surface area (Å²) >= 11 is 0. The van der Waals surface area contributed by atoms with Crippen molar-refractivity contribution in [2.45, 2.75) is 45.2 Å². The van der Waals surface area contributed by atoms with Gasteiger partial charge in [0, 0.05) is 24.8 Å². The minimum atomic E-state index is 0.380. The molecule has 1 aliphatic rings. The summed E-state index contributed by atoms with van der Waals surface area (Å²) < 4.78 is 0. The minimum Gasteiger partial charge on any atom is -0.353 e. The molecule has 0 aromatic carbocycles. The Morgan fingerprint density at radius 3 is 3.00 bits per heavy atom. The standard InChI is InChI=1S/C15H22N4/c1-12(2)19(11-14-5-3-4-7-17-14)15-9-13(10-16)6-8-18-15/h6,8-9,12,14,17H,3-5,7,11H2,1-2H3. The summed E-state index contributed by atoms with van der Waals surface area (Å²) in [7, 11) is 0. The van der Waals surface area contributed by atoms with E-state index in [0.717, 1.165) is 18.9 Å². The third kappa shape index (κ3) is 3.68. The second kappa shape index (κ2) is 6.53. The van der Waals surface area contributed by atoms with Crippen LogP contribution in [0.2, 0.25) is 0 Å². The number of anilines is 1. The van der Waals surface area contributed by atoms with Crippen LogP contribution in [0.4, 0.5) is 5.82 Å². The molecule has 0 bridgehead atoms. The molecule has 0 radical (unpaired) electrons. The van der Waals surface area contributed by atoms with Gasteiger partial charge in [-0.15, -0.1) is 0 Å². The highest BCUT2D eigenvalue weighted by atomic mass is 15.2. The van der Waals surface area contributed by atoms with E-state index in [1.165, 1.54) is 19.3 Å². The van der Waals surface area contributed by atoms with Crippen LogP contribution in [0.15, 0.2) is 18.3 Å². The maximum Gasteiger partial charge on any atom is 0.130 e. The summed E-state index contributed by atoms with van der Waals surface area (Å²) in [4.78, 5) is 6.70. The SMILES string of the molecule is CC(C)N(CC1CCCCN1)c1cc(C#N)ccn1. The highest BCUT2D eigenvalue weighted by Crippen LogP contribution is 2.18. The molecule has 1 fully saturated rings. The molecule has 1 N–H and O–H groups in total. The van der Waals surface area contributed by atoms with Gasteiger partial charge in [-0.05, 0) is 45.4 Å². The molecule has 102 valence electrons. The maximum atomic E-state index is 9.00. The second-order valence-corrected chi connectivity index (χ2v) is 5.41. The number of hydrogen-bond acceptors (Lipinski definition) is 4. The second-order valence-electron chi connectivity index (χ2n) is 5.41. The minimum absolute atomic E-state index is 0.380. The Morgan fingerprint density at radius 2 is 2.37 bits per heavy atom. The molecule has 1 aromatic rings. The first-order valence-corrected chi connectivity index (χ1v) is 7.07. The molecule has 2 rings (SSSR count). The average molecular weight is 258 g/mol. The Balaban J connectivity index is 2.12. The van der Waals surface area contributed by atoms with Crippen LogP contribution >= 0.6 is 0 Å². The third-order valence-electron chi connectivity index (χ3n) is 3.62. The first kappa shape index (κ1) is 13.8. The van der Waals surface area contributed by atoms with Gasteiger partial charge in [0.15, 0.2) is 0 Å². The molecule has 19 heavy (non-hydrogen) atoms. The molecule has 1 aromatic heterocycles. The van der Waals surface area contributed by atoms with Crippen molar-refractivity contribution in [1.29, 1.82) is 5.26 Å². The molecule has 1 saturated heterocycles. The van der Waals surface area contributed by atoms with Gasteiger partial charge in [-0.25, -0.2) is 4.98 Å². The number of nitrogens with one attached hydrogen (secondary N) is 1. The van der Waals surface area contributed by atoms with Gasteiger partial charge >= 0.3 is 0 Å². The summed E-state index contributed by atoms with van der Waals surface area (Å²) in [6.45, 7) is 6.41. The van der Waals surface area contributed by atoms with Crippen LogP contribution in [0, 0.1) is 11.3 Å². The van der Waals surface area contributed by atoms with Crippen molar-refractivity contribution in [1.82, 2.24) is 10.3 Å². The summed E-state index contributed by atoms with van der Waals surface area (Å²) in [5, 5.41) is 12.6. The number of aromatic nitrogens is 1. The molecule has 0 aliphatic carbocycles. The number of nitrogens with zero attached hydrogens (tertiary/aromatic N) is 3. The summed E-state index contributed by atoms with van der Waals surface area (Å²) in [6, 6.07) is 6.72. The summed E-state index contributed by atoms with van der Waals surface area (Å²) in [5.74, 6) is 0.904. The molecule has 2 heterocycles. The van der Waals surface area contributed by atoms with Crippen molar-refractivity contribution in [2.24, 2.45) is 0 Å². The van der Waals surface area contributed by atoms with E-state index in [2.05, 4.69) is 35.1 Å². The Hall–Kier alpha value is -1.60. The number of pyridine rings is 1. The number of nitriles is 1. The molecule has 0 spiro atoms. The molecule has 1 unspecified atom stereocenters. The van der Waals surface area contributed by atoms with Gasteiger partial charge < -0.3 is 10.2 Å². The van der Waals surface area contributed by atoms with Crippen LogP contribution < -0.4 is 10.2 Å². The maximum absolute atomic E-state index is 9.00. The first-order valence-electron chi connectivity index (χ1n) is 7.07. The fraction of sp³-hybridized carbons (Fsp3) is 0.600. The lowest BCUT2D eigenvalue weighted by Crippen LogP contribution is -2.46. The van der Waals surface area contributed by atoms with Crippen molar-refractivity contribution in [3.63, 3.8) is 0 Å². The summed E-state index contributed by atoms with van der Waals surface area (Å²) in [5.41, 5.74) is 0.673. The molecular formula is C15H22N4.